The van der Waals surface area contributed by atoms with Crippen LogP contribution in [0.4, 0.5) is 11.7 Å². The molecule has 11 nitrogen and oxygen atoms in total. The van der Waals surface area contributed by atoms with Gasteiger partial charge in [0.15, 0.2) is 0 Å². The molecule has 34 heavy (non-hydrogen) atoms. The smallest absolute Gasteiger partial charge is 0.340 e. The van der Waals surface area contributed by atoms with Gasteiger partial charge in [-0.2, -0.15) is 4.98 Å². The molecule has 0 atom stereocenters. The standard InChI is InChI=1S/C22H20N6O5S/c1-2-32-18-7-5-17(6-8-18)28-34(30,31)19-9-3-16(4-10-19)21(29)25-26-22-24-20(27-33-22)15-11-13-23-14-12-15/h3-14,28H,2H2,1H3,(H,25,29)(H,24,26,27). The highest BCUT2D eigenvalue weighted by Crippen LogP contribution is 2.20. The zero-order chi connectivity index (χ0) is 24.0. The summed E-state index contributed by atoms with van der Waals surface area (Å²) in [5.74, 6) is 0.448. The number of aromatic nitrogens is 3. The fourth-order valence-electron chi connectivity index (χ4n) is 2.86. The molecule has 0 aliphatic rings. The minimum atomic E-state index is -3.84. The lowest BCUT2D eigenvalue weighted by Gasteiger charge is -2.10. The van der Waals surface area contributed by atoms with E-state index in [0.717, 1.165) is 0 Å². The van der Waals surface area contributed by atoms with E-state index in [1.54, 1.807) is 48.8 Å². The van der Waals surface area contributed by atoms with Gasteiger partial charge in [-0.3, -0.25) is 19.9 Å². The van der Waals surface area contributed by atoms with Crippen molar-refractivity contribution in [1.82, 2.24) is 20.6 Å². The molecule has 3 N–H and O–H groups in total. The van der Waals surface area contributed by atoms with E-state index in [9.17, 15) is 13.2 Å². The summed E-state index contributed by atoms with van der Waals surface area (Å²) >= 11 is 0. The predicted molar refractivity (Wildman–Crippen MR) is 123 cm³/mol. The molecular formula is C22H20N6O5S. The Morgan fingerprint density at radius 1 is 1.00 bits per heavy atom. The number of pyridine rings is 1. The Hall–Kier alpha value is -4.45. The first-order valence-corrected chi connectivity index (χ1v) is 11.6. The third kappa shape index (κ3) is 5.48. The summed E-state index contributed by atoms with van der Waals surface area (Å²) < 4.78 is 38.1. The quantitative estimate of drug-likeness (QED) is 0.307. The normalized spacial score (nSPS) is 11.0. The van der Waals surface area contributed by atoms with Crippen molar-refractivity contribution in [3.63, 3.8) is 0 Å². The Labute approximate surface area is 195 Å². The van der Waals surface area contributed by atoms with Gasteiger partial charge in [0.05, 0.1) is 11.5 Å². The first-order chi connectivity index (χ1) is 16.4. The van der Waals surface area contributed by atoms with E-state index in [1.807, 2.05) is 6.92 Å². The number of amides is 1. The molecule has 12 heteroatoms. The monoisotopic (exact) mass is 480 g/mol. The van der Waals surface area contributed by atoms with E-state index in [1.165, 1.54) is 24.3 Å². The molecule has 0 aliphatic heterocycles. The van der Waals surface area contributed by atoms with Gasteiger partial charge in [0, 0.05) is 29.2 Å². The van der Waals surface area contributed by atoms with Crippen LogP contribution in [0.5, 0.6) is 5.75 Å². The second-order valence-electron chi connectivity index (χ2n) is 6.83. The topological polar surface area (TPSA) is 148 Å². The van der Waals surface area contributed by atoms with Crippen LogP contribution in [0.25, 0.3) is 11.4 Å². The molecule has 2 aromatic heterocycles. The third-order valence-corrected chi connectivity index (χ3v) is 5.89. The van der Waals surface area contributed by atoms with Gasteiger partial charge in [-0.25, -0.2) is 13.8 Å². The molecule has 174 valence electrons. The minimum absolute atomic E-state index is 0.00443. The maximum Gasteiger partial charge on any atom is 0.340 e. The van der Waals surface area contributed by atoms with Crippen molar-refractivity contribution in [2.75, 3.05) is 16.8 Å². The summed E-state index contributed by atoms with van der Waals surface area (Å²) in [6, 6.07) is 15.4. The van der Waals surface area contributed by atoms with Crippen molar-refractivity contribution in [1.29, 1.82) is 0 Å². The Kier molecular flexibility index (Phi) is 6.69. The third-order valence-electron chi connectivity index (χ3n) is 4.49. The van der Waals surface area contributed by atoms with E-state index in [-0.39, 0.29) is 16.5 Å². The number of benzene rings is 2. The molecule has 0 saturated carbocycles. The van der Waals surface area contributed by atoms with E-state index in [2.05, 4.69) is 30.7 Å². The van der Waals surface area contributed by atoms with Crippen molar-refractivity contribution in [2.45, 2.75) is 11.8 Å². The van der Waals surface area contributed by atoms with Crippen LogP contribution in [-0.2, 0) is 10.0 Å². The van der Waals surface area contributed by atoms with Crippen molar-refractivity contribution in [2.24, 2.45) is 0 Å². The average Bonchev–Trinajstić information content (AvgIpc) is 3.34. The highest BCUT2D eigenvalue weighted by molar-refractivity contribution is 7.92. The average molecular weight is 481 g/mol. The Morgan fingerprint density at radius 3 is 2.38 bits per heavy atom. The van der Waals surface area contributed by atoms with Crippen LogP contribution >= 0.6 is 0 Å². The van der Waals surface area contributed by atoms with E-state index in [4.69, 9.17) is 9.26 Å². The number of anilines is 2. The van der Waals surface area contributed by atoms with Crippen LogP contribution in [-0.4, -0.2) is 36.1 Å². The second-order valence-corrected chi connectivity index (χ2v) is 8.51. The Bertz CT molecular complexity index is 1360. The summed E-state index contributed by atoms with van der Waals surface area (Å²) in [5, 5.41) is 3.82. The van der Waals surface area contributed by atoms with Crippen LogP contribution in [0.3, 0.4) is 0 Å². The molecule has 0 fully saturated rings. The van der Waals surface area contributed by atoms with Crippen molar-refractivity contribution >= 4 is 27.6 Å². The van der Waals surface area contributed by atoms with Crippen LogP contribution < -0.4 is 20.3 Å². The molecule has 0 saturated heterocycles. The molecule has 0 unspecified atom stereocenters. The molecule has 1 amide bonds. The van der Waals surface area contributed by atoms with Gasteiger partial charge in [0.25, 0.3) is 15.9 Å². The van der Waals surface area contributed by atoms with Crippen LogP contribution in [0.2, 0.25) is 0 Å². The summed E-state index contributed by atoms with van der Waals surface area (Å²) in [7, 11) is -3.84. The summed E-state index contributed by atoms with van der Waals surface area (Å²) in [6.07, 6.45) is 3.19. The molecule has 0 radical (unpaired) electrons. The lowest BCUT2D eigenvalue weighted by Crippen LogP contribution is -2.29. The highest BCUT2D eigenvalue weighted by atomic mass is 32.2. The first-order valence-electron chi connectivity index (χ1n) is 10.1. The fourth-order valence-corrected chi connectivity index (χ4v) is 3.92. The lowest BCUT2D eigenvalue weighted by atomic mass is 10.2. The fraction of sp³-hybridized carbons (Fsp3) is 0.0909. The largest absolute Gasteiger partial charge is 0.494 e. The van der Waals surface area contributed by atoms with Gasteiger partial charge >= 0.3 is 6.01 Å². The molecular weight excluding hydrogens is 460 g/mol. The number of rotatable bonds is 9. The van der Waals surface area contributed by atoms with Gasteiger partial charge in [-0.1, -0.05) is 5.16 Å². The molecule has 4 aromatic rings. The van der Waals surface area contributed by atoms with Gasteiger partial charge in [0.1, 0.15) is 5.75 Å². The van der Waals surface area contributed by atoms with Gasteiger partial charge in [0.2, 0.25) is 5.82 Å². The van der Waals surface area contributed by atoms with Crippen molar-refractivity contribution in [3.05, 3.63) is 78.6 Å². The number of hydrazine groups is 1. The summed E-state index contributed by atoms with van der Waals surface area (Å²) in [6.45, 7) is 2.38. The molecule has 0 bridgehead atoms. The summed E-state index contributed by atoms with van der Waals surface area (Å²) in [4.78, 5) is 20.4. The van der Waals surface area contributed by atoms with Crippen LogP contribution in [0.15, 0.2) is 82.5 Å². The van der Waals surface area contributed by atoms with E-state index < -0.39 is 15.9 Å². The second kappa shape index (κ2) is 10.0. The van der Waals surface area contributed by atoms with Crippen molar-refractivity contribution in [3.8, 4) is 17.1 Å². The SMILES string of the molecule is CCOc1ccc(NS(=O)(=O)c2ccc(C(=O)NNc3nc(-c4ccncc4)no3)cc2)cc1. The Morgan fingerprint density at radius 2 is 1.71 bits per heavy atom. The van der Waals surface area contributed by atoms with E-state index in [0.29, 0.717) is 29.4 Å². The zero-order valence-corrected chi connectivity index (χ0v) is 18.7. The van der Waals surface area contributed by atoms with Gasteiger partial charge in [-0.05, 0) is 67.6 Å². The van der Waals surface area contributed by atoms with E-state index >= 15 is 0 Å². The number of hydrogen-bond acceptors (Lipinski definition) is 9. The van der Waals surface area contributed by atoms with Gasteiger partial charge < -0.3 is 9.26 Å². The molecule has 0 spiro atoms. The predicted octanol–water partition coefficient (Wildman–Crippen LogP) is 3.09. The molecule has 2 heterocycles. The lowest BCUT2D eigenvalue weighted by molar-refractivity contribution is 0.0961. The maximum absolute atomic E-state index is 12.6. The zero-order valence-electron chi connectivity index (χ0n) is 17.9. The Balaban J connectivity index is 1.36. The number of nitrogens with zero attached hydrogens (tertiary/aromatic N) is 3. The number of sulfonamides is 1. The van der Waals surface area contributed by atoms with Crippen LogP contribution in [0, 0.1) is 0 Å². The van der Waals surface area contributed by atoms with Crippen molar-refractivity contribution < 1.29 is 22.5 Å². The molecule has 4 rings (SSSR count). The van der Waals surface area contributed by atoms with Crippen LogP contribution in [0.1, 0.15) is 17.3 Å². The number of nitrogens with one attached hydrogen (secondary N) is 3. The number of ether oxygens (including phenoxy) is 1. The first kappa shape index (κ1) is 22.7. The maximum atomic E-state index is 12.6. The number of hydrogen-bond donors (Lipinski definition) is 3. The highest BCUT2D eigenvalue weighted by Gasteiger charge is 2.16. The minimum Gasteiger partial charge on any atom is -0.494 e. The molecule has 2 aromatic carbocycles. The number of carbonyl (C=O) groups is 1. The number of carbonyl (C=O) groups excluding carboxylic acids is 1. The molecule has 0 aliphatic carbocycles. The van der Waals surface area contributed by atoms with Gasteiger partial charge in [-0.15, -0.1) is 0 Å². The summed E-state index contributed by atoms with van der Waals surface area (Å²) in [5.41, 5.74) is 6.26.